The summed E-state index contributed by atoms with van der Waals surface area (Å²) in [5.74, 6) is -0.228. The van der Waals surface area contributed by atoms with E-state index in [1.165, 1.54) is 4.31 Å². The molecule has 0 saturated carbocycles. The van der Waals surface area contributed by atoms with Crippen molar-refractivity contribution in [2.45, 2.75) is 31.0 Å². The lowest BCUT2D eigenvalue weighted by Gasteiger charge is -2.39. The van der Waals surface area contributed by atoms with Crippen molar-refractivity contribution in [1.82, 2.24) is 14.2 Å². The fraction of sp³-hybridized carbons (Fsp3) is 0.350. The first kappa shape index (κ1) is 25.3. The van der Waals surface area contributed by atoms with E-state index in [1.807, 2.05) is 0 Å². The number of nitrogens with zero attached hydrogens (tertiary/aromatic N) is 3. The molecule has 1 fully saturated rings. The van der Waals surface area contributed by atoms with Crippen LogP contribution in [0.1, 0.15) is 28.5 Å². The molecule has 0 bridgehead atoms. The molecule has 1 aliphatic rings. The fourth-order valence-electron chi connectivity index (χ4n) is 3.31. The Morgan fingerprint density at radius 3 is 2.28 bits per heavy atom. The van der Waals surface area contributed by atoms with Gasteiger partial charge in [0.25, 0.3) is 12.4 Å². The van der Waals surface area contributed by atoms with E-state index >= 15 is 0 Å². The summed E-state index contributed by atoms with van der Waals surface area (Å²) >= 11 is 0. The highest BCUT2D eigenvalue weighted by Gasteiger charge is 2.36. The molecule has 1 atom stereocenters. The molecule has 1 aromatic carbocycles. The molecule has 1 aliphatic heterocycles. The molecular formula is C20H22F3N3O5S. The number of aromatic nitrogens is 1. The van der Waals surface area contributed by atoms with Crippen molar-refractivity contribution in [3.8, 4) is 0 Å². The minimum absolute atomic E-state index is 0.0512. The van der Waals surface area contributed by atoms with Gasteiger partial charge in [0.1, 0.15) is 0 Å². The zero-order valence-electron chi connectivity index (χ0n) is 17.3. The van der Waals surface area contributed by atoms with Crippen LogP contribution in [-0.4, -0.2) is 65.8 Å². The van der Waals surface area contributed by atoms with Crippen molar-refractivity contribution >= 4 is 22.4 Å². The lowest BCUT2D eigenvalue weighted by molar-refractivity contribution is -0.137. The third-order valence-corrected chi connectivity index (χ3v) is 6.91. The zero-order valence-corrected chi connectivity index (χ0v) is 18.1. The molecule has 1 aromatic heterocycles. The summed E-state index contributed by atoms with van der Waals surface area (Å²) in [4.78, 5) is 26.5. The fourth-order valence-corrected chi connectivity index (χ4v) is 4.93. The molecule has 1 amide bonds. The van der Waals surface area contributed by atoms with Crippen LogP contribution in [0.3, 0.4) is 0 Å². The van der Waals surface area contributed by atoms with Crippen molar-refractivity contribution in [3.05, 3.63) is 59.4 Å². The van der Waals surface area contributed by atoms with Gasteiger partial charge in [0.05, 0.1) is 16.0 Å². The molecule has 1 saturated heterocycles. The number of hydrogen-bond acceptors (Lipinski definition) is 5. The number of aryl methyl sites for hydroxylation is 1. The lowest BCUT2D eigenvalue weighted by Crippen LogP contribution is -2.55. The maximum atomic E-state index is 12.9. The third-order valence-electron chi connectivity index (χ3n) is 4.88. The highest BCUT2D eigenvalue weighted by atomic mass is 32.2. The van der Waals surface area contributed by atoms with E-state index < -0.39 is 27.8 Å². The van der Waals surface area contributed by atoms with Gasteiger partial charge in [0.15, 0.2) is 0 Å². The molecule has 2 heterocycles. The van der Waals surface area contributed by atoms with Gasteiger partial charge in [-0.15, -0.1) is 0 Å². The van der Waals surface area contributed by atoms with Crippen LogP contribution in [0.15, 0.2) is 47.5 Å². The van der Waals surface area contributed by atoms with E-state index in [9.17, 15) is 26.4 Å². The van der Waals surface area contributed by atoms with Gasteiger partial charge >= 0.3 is 6.18 Å². The van der Waals surface area contributed by atoms with E-state index in [4.69, 9.17) is 9.90 Å². The number of pyridine rings is 1. The molecule has 0 unspecified atom stereocenters. The second-order valence-corrected chi connectivity index (χ2v) is 8.87. The Labute approximate surface area is 183 Å². The molecule has 8 nitrogen and oxygen atoms in total. The first-order chi connectivity index (χ1) is 14.9. The summed E-state index contributed by atoms with van der Waals surface area (Å²) in [5, 5.41) is 6.89. The Morgan fingerprint density at radius 2 is 1.78 bits per heavy atom. The number of carboxylic acid groups (broad SMARTS) is 1. The van der Waals surface area contributed by atoms with Gasteiger partial charge in [-0.3, -0.25) is 14.6 Å². The molecule has 3 rings (SSSR count). The largest absolute Gasteiger partial charge is 0.483 e. The van der Waals surface area contributed by atoms with E-state index in [2.05, 4.69) is 4.98 Å². The van der Waals surface area contributed by atoms with Crippen molar-refractivity contribution in [2.75, 3.05) is 19.6 Å². The topological polar surface area (TPSA) is 108 Å². The van der Waals surface area contributed by atoms with Crippen LogP contribution < -0.4 is 0 Å². The van der Waals surface area contributed by atoms with Crippen LogP contribution in [-0.2, 0) is 21.0 Å². The minimum atomic E-state index is -4.54. The first-order valence-electron chi connectivity index (χ1n) is 9.41. The van der Waals surface area contributed by atoms with Gasteiger partial charge in [-0.05, 0) is 50.2 Å². The van der Waals surface area contributed by atoms with Crippen molar-refractivity contribution in [1.29, 1.82) is 0 Å². The smallest absolute Gasteiger partial charge is 0.416 e. The zero-order chi connectivity index (χ0) is 24.1. The number of benzene rings is 1. The van der Waals surface area contributed by atoms with Crippen molar-refractivity contribution in [2.24, 2.45) is 0 Å². The number of hydrogen-bond donors (Lipinski definition) is 1. The number of rotatable bonds is 3. The van der Waals surface area contributed by atoms with Gasteiger partial charge in [-0.25, -0.2) is 8.42 Å². The molecule has 2 aromatic rings. The molecule has 1 N–H and O–H groups in total. The van der Waals surface area contributed by atoms with Crippen LogP contribution in [0, 0.1) is 6.92 Å². The predicted octanol–water partition coefficient (Wildman–Crippen LogP) is 2.64. The standard InChI is InChI=1S/C19H20F3N3O3S.CH2O2/c1-13-12-24(18(26)17-4-3-9-23-14(17)2)10-11-25(13)29(27,28)16-7-5-15(6-8-16)19(20,21)22;2-1-3/h3-9,13H,10-12H2,1-2H3;1H,(H,2,3)/t13-;/m1./s1. The summed E-state index contributed by atoms with van der Waals surface area (Å²) in [7, 11) is -3.98. The lowest BCUT2D eigenvalue weighted by atomic mass is 10.1. The van der Waals surface area contributed by atoms with Gasteiger partial charge < -0.3 is 10.0 Å². The summed E-state index contributed by atoms with van der Waals surface area (Å²) < 4.78 is 65.2. The quantitative estimate of drug-likeness (QED) is 0.687. The minimum Gasteiger partial charge on any atom is -0.483 e. The van der Waals surface area contributed by atoms with E-state index in [-0.39, 0.29) is 36.9 Å². The molecule has 32 heavy (non-hydrogen) atoms. The van der Waals surface area contributed by atoms with E-state index in [0.29, 0.717) is 11.3 Å². The van der Waals surface area contributed by atoms with Gasteiger partial charge in [0.2, 0.25) is 10.0 Å². The Morgan fingerprint density at radius 1 is 1.19 bits per heavy atom. The third kappa shape index (κ3) is 5.62. The van der Waals surface area contributed by atoms with Crippen LogP contribution in [0.2, 0.25) is 0 Å². The highest BCUT2D eigenvalue weighted by molar-refractivity contribution is 7.89. The number of amides is 1. The summed E-state index contributed by atoms with van der Waals surface area (Å²) in [6.07, 6.45) is -2.95. The average Bonchev–Trinajstić information content (AvgIpc) is 2.73. The van der Waals surface area contributed by atoms with Crippen LogP contribution in [0.4, 0.5) is 13.2 Å². The Hall–Kier alpha value is -2.99. The van der Waals surface area contributed by atoms with E-state index in [0.717, 1.165) is 24.3 Å². The molecule has 0 radical (unpaired) electrons. The Kier molecular flexibility index (Phi) is 7.97. The normalized spacial score (nSPS) is 17.3. The number of carbonyl (C=O) groups is 2. The molecule has 0 aliphatic carbocycles. The van der Waals surface area contributed by atoms with Gasteiger partial charge in [-0.2, -0.15) is 17.5 Å². The molecule has 0 spiro atoms. The molecule has 174 valence electrons. The number of carbonyl (C=O) groups excluding carboxylic acids is 1. The van der Waals surface area contributed by atoms with Gasteiger partial charge in [-0.1, -0.05) is 0 Å². The SMILES string of the molecule is Cc1ncccc1C(=O)N1CCN(S(=O)(=O)c2ccc(C(F)(F)F)cc2)[C@H](C)C1.O=CO. The van der Waals surface area contributed by atoms with Crippen molar-refractivity contribution in [3.63, 3.8) is 0 Å². The van der Waals surface area contributed by atoms with Crippen LogP contribution >= 0.6 is 0 Å². The predicted molar refractivity (Wildman–Crippen MR) is 108 cm³/mol. The van der Waals surface area contributed by atoms with Crippen LogP contribution in [0.25, 0.3) is 0 Å². The average molecular weight is 473 g/mol. The van der Waals surface area contributed by atoms with Crippen LogP contribution in [0.5, 0.6) is 0 Å². The maximum absolute atomic E-state index is 12.9. The second-order valence-electron chi connectivity index (χ2n) is 6.98. The summed E-state index contributed by atoms with van der Waals surface area (Å²) in [6, 6.07) is 6.22. The monoisotopic (exact) mass is 473 g/mol. The molecular weight excluding hydrogens is 451 g/mol. The number of halogens is 3. The summed E-state index contributed by atoms with van der Waals surface area (Å²) in [6.45, 7) is 3.54. The van der Waals surface area contributed by atoms with Gasteiger partial charge in [0, 0.05) is 37.6 Å². The molecule has 12 heteroatoms. The second kappa shape index (κ2) is 10.1. The number of alkyl halides is 3. The Balaban J connectivity index is 0.00000114. The number of piperazine rings is 1. The highest BCUT2D eigenvalue weighted by Crippen LogP contribution is 2.31. The van der Waals surface area contributed by atoms with Crippen molar-refractivity contribution < 1.29 is 36.3 Å². The first-order valence-corrected chi connectivity index (χ1v) is 10.8. The van der Waals surface area contributed by atoms with E-state index in [1.54, 1.807) is 37.1 Å². The number of sulfonamides is 1. The summed E-state index contributed by atoms with van der Waals surface area (Å²) in [5.41, 5.74) is 0.135. The maximum Gasteiger partial charge on any atom is 0.416 e. The Bertz CT molecular complexity index is 1060.